The van der Waals surface area contributed by atoms with Gasteiger partial charge >= 0.3 is 5.97 Å². The van der Waals surface area contributed by atoms with Crippen molar-refractivity contribution in [2.45, 2.75) is 19.9 Å². The van der Waals surface area contributed by atoms with Gasteiger partial charge < -0.3 is 5.11 Å². The van der Waals surface area contributed by atoms with Crippen LogP contribution in [0.1, 0.15) is 18.9 Å². The SMILES string of the molecule is CC1(C(=O)O)CCN(Cc2ccc(F)c(Cl)c2Cl)C1. The Kier molecular flexibility index (Phi) is 4.04. The van der Waals surface area contributed by atoms with Gasteiger partial charge in [0.15, 0.2) is 0 Å². The van der Waals surface area contributed by atoms with Crippen molar-refractivity contribution in [2.24, 2.45) is 5.41 Å². The Bertz CT molecular complexity index is 524. The molecule has 3 nitrogen and oxygen atoms in total. The Morgan fingerprint density at radius 2 is 2.16 bits per heavy atom. The second-order valence-corrected chi connectivity index (χ2v) is 5.92. The van der Waals surface area contributed by atoms with Crippen molar-refractivity contribution >= 4 is 29.2 Å². The first kappa shape index (κ1) is 14.6. The van der Waals surface area contributed by atoms with Crippen molar-refractivity contribution in [1.82, 2.24) is 4.90 Å². The van der Waals surface area contributed by atoms with Gasteiger partial charge in [0.05, 0.1) is 15.5 Å². The molecule has 1 fully saturated rings. The minimum atomic E-state index is -0.793. The number of carbonyl (C=O) groups is 1. The largest absolute Gasteiger partial charge is 0.481 e. The van der Waals surface area contributed by atoms with E-state index in [1.54, 1.807) is 13.0 Å². The highest BCUT2D eigenvalue weighted by Gasteiger charge is 2.40. The average molecular weight is 306 g/mol. The second-order valence-electron chi connectivity index (χ2n) is 5.16. The van der Waals surface area contributed by atoms with Crippen LogP contribution in [0.5, 0.6) is 0 Å². The third-order valence-electron chi connectivity index (χ3n) is 3.58. The molecule has 0 saturated carbocycles. The molecule has 0 amide bonds. The van der Waals surface area contributed by atoms with Crippen molar-refractivity contribution < 1.29 is 14.3 Å². The number of aliphatic carboxylic acids is 1. The summed E-state index contributed by atoms with van der Waals surface area (Å²) in [6.45, 7) is 3.33. The number of rotatable bonds is 3. The molecule has 1 aliphatic heterocycles. The smallest absolute Gasteiger partial charge is 0.310 e. The van der Waals surface area contributed by atoms with Gasteiger partial charge in [0.1, 0.15) is 5.82 Å². The van der Waals surface area contributed by atoms with Crippen molar-refractivity contribution in [3.05, 3.63) is 33.6 Å². The first-order chi connectivity index (χ1) is 8.83. The summed E-state index contributed by atoms with van der Waals surface area (Å²) < 4.78 is 13.2. The van der Waals surface area contributed by atoms with Crippen LogP contribution in [0.3, 0.4) is 0 Å². The monoisotopic (exact) mass is 305 g/mol. The topological polar surface area (TPSA) is 40.5 Å². The number of benzene rings is 1. The molecule has 1 saturated heterocycles. The van der Waals surface area contributed by atoms with Crippen molar-refractivity contribution in [3.8, 4) is 0 Å². The van der Waals surface area contributed by atoms with Crippen LogP contribution in [0.15, 0.2) is 12.1 Å². The zero-order valence-electron chi connectivity index (χ0n) is 10.4. The van der Waals surface area contributed by atoms with Gasteiger partial charge in [-0.15, -0.1) is 0 Å². The standard InChI is InChI=1S/C13H14Cl2FNO2/c1-13(12(18)19)4-5-17(7-13)6-8-2-3-9(16)11(15)10(8)14/h2-3H,4-7H2,1H3,(H,18,19). The van der Waals surface area contributed by atoms with Gasteiger partial charge in [-0.1, -0.05) is 29.3 Å². The summed E-state index contributed by atoms with van der Waals surface area (Å²) in [6.07, 6.45) is 0.592. The number of halogens is 3. The van der Waals surface area contributed by atoms with Crippen LogP contribution in [0.25, 0.3) is 0 Å². The Balaban J connectivity index is 2.12. The molecule has 6 heteroatoms. The summed E-state index contributed by atoms with van der Waals surface area (Å²) in [5.74, 6) is -1.34. The van der Waals surface area contributed by atoms with Gasteiger partial charge in [-0.05, 0) is 31.5 Å². The molecule has 2 rings (SSSR count). The Hall–Kier alpha value is -0.840. The van der Waals surface area contributed by atoms with Gasteiger partial charge in [-0.2, -0.15) is 0 Å². The van der Waals surface area contributed by atoms with E-state index in [4.69, 9.17) is 28.3 Å². The van der Waals surface area contributed by atoms with Crippen LogP contribution < -0.4 is 0 Å². The van der Waals surface area contributed by atoms with Crippen molar-refractivity contribution in [3.63, 3.8) is 0 Å². The van der Waals surface area contributed by atoms with Crippen LogP contribution in [0.4, 0.5) is 4.39 Å². The molecule has 0 aliphatic carbocycles. The van der Waals surface area contributed by atoms with Gasteiger partial charge in [0.2, 0.25) is 0 Å². The summed E-state index contributed by atoms with van der Waals surface area (Å²) in [5.41, 5.74) is -0.0151. The molecule has 1 unspecified atom stereocenters. The maximum Gasteiger partial charge on any atom is 0.310 e. The summed E-state index contributed by atoms with van der Waals surface area (Å²) in [5, 5.41) is 9.28. The molecule has 1 heterocycles. The lowest BCUT2D eigenvalue weighted by molar-refractivity contribution is -0.147. The van der Waals surface area contributed by atoms with Gasteiger partial charge in [0.25, 0.3) is 0 Å². The zero-order valence-corrected chi connectivity index (χ0v) is 11.9. The minimum Gasteiger partial charge on any atom is -0.481 e. The van der Waals surface area contributed by atoms with E-state index in [9.17, 15) is 9.18 Å². The van der Waals surface area contributed by atoms with E-state index in [2.05, 4.69) is 0 Å². The lowest BCUT2D eigenvalue weighted by Crippen LogP contribution is -2.31. The van der Waals surface area contributed by atoms with Crippen molar-refractivity contribution in [1.29, 1.82) is 0 Å². The van der Waals surface area contributed by atoms with Gasteiger partial charge in [-0.3, -0.25) is 9.69 Å². The first-order valence-electron chi connectivity index (χ1n) is 5.91. The van der Waals surface area contributed by atoms with E-state index in [0.29, 0.717) is 31.6 Å². The fraction of sp³-hybridized carbons (Fsp3) is 0.462. The molecule has 0 spiro atoms. The highest BCUT2D eigenvalue weighted by molar-refractivity contribution is 6.42. The molecule has 19 heavy (non-hydrogen) atoms. The van der Waals surface area contributed by atoms with Crippen LogP contribution in [0, 0.1) is 11.2 Å². The fourth-order valence-corrected chi connectivity index (χ4v) is 2.69. The molecule has 1 N–H and O–H groups in total. The van der Waals surface area contributed by atoms with E-state index in [1.807, 2.05) is 4.90 Å². The number of hydrogen-bond donors (Lipinski definition) is 1. The average Bonchev–Trinajstić information content (AvgIpc) is 2.73. The minimum absolute atomic E-state index is 0.0839. The van der Waals surface area contributed by atoms with Gasteiger partial charge in [-0.25, -0.2) is 4.39 Å². The highest BCUT2D eigenvalue weighted by atomic mass is 35.5. The zero-order chi connectivity index (χ0) is 14.2. The molecule has 104 valence electrons. The summed E-state index contributed by atoms with van der Waals surface area (Å²) in [6, 6.07) is 2.86. The van der Waals surface area contributed by atoms with E-state index in [-0.39, 0.29) is 10.0 Å². The Labute approximate surface area is 120 Å². The normalized spacial score (nSPS) is 23.8. The van der Waals surface area contributed by atoms with Crippen molar-refractivity contribution in [2.75, 3.05) is 13.1 Å². The molecule has 1 aromatic rings. The molecular weight excluding hydrogens is 292 g/mol. The molecule has 0 aromatic heterocycles. The lowest BCUT2D eigenvalue weighted by atomic mass is 9.90. The fourth-order valence-electron chi connectivity index (χ4n) is 2.29. The molecule has 1 aromatic carbocycles. The quantitative estimate of drug-likeness (QED) is 0.870. The summed E-state index contributed by atoms with van der Waals surface area (Å²) in [7, 11) is 0. The highest BCUT2D eigenvalue weighted by Crippen LogP contribution is 2.34. The second kappa shape index (κ2) is 5.27. The van der Waals surface area contributed by atoms with Crippen LogP contribution in [-0.2, 0) is 11.3 Å². The summed E-state index contributed by atoms with van der Waals surface area (Å²) >= 11 is 11.8. The third kappa shape index (κ3) is 2.86. The van der Waals surface area contributed by atoms with E-state index in [1.165, 1.54) is 6.07 Å². The van der Waals surface area contributed by atoms with Crippen LogP contribution in [0.2, 0.25) is 10.0 Å². The van der Waals surface area contributed by atoms with E-state index in [0.717, 1.165) is 0 Å². The predicted octanol–water partition coefficient (Wildman–Crippen LogP) is 3.43. The molecule has 0 radical (unpaired) electrons. The number of likely N-dealkylation sites (tertiary alicyclic amines) is 1. The molecule has 1 aliphatic rings. The number of carboxylic acid groups (broad SMARTS) is 1. The first-order valence-corrected chi connectivity index (χ1v) is 6.67. The van der Waals surface area contributed by atoms with E-state index >= 15 is 0 Å². The van der Waals surface area contributed by atoms with Crippen LogP contribution >= 0.6 is 23.2 Å². The number of nitrogens with zero attached hydrogens (tertiary/aromatic N) is 1. The third-order valence-corrected chi connectivity index (χ3v) is 4.48. The maximum atomic E-state index is 13.2. The van der Waals surface area contributed by atoms with E-state index < -0.39 is 17.2 Å². The van der Waals surface area contributed by atoms with Crippen LogP contribution in [-0.4, -0.2) is 29.1 Å². The summed E-state index contributed by atoms with van der Waals surface area (Å²) in [4.78, 5) is 13.2. The molecule has 0 bridgehead atoms. The number of hydrogen-bond acceptors (Lipinski definition) is 2. The van der Waals surface area contributed by atoms with Gasteiger partial charge in [0, 0.05) is 13.1 Å². The predicted molar refractivity (Wildman–Crippen MR) is 72.1 cm³/mol. The molecular formula is C13H14Cl2FNO2. The molecule has 1 atom stereocenters. The Morgan fingerprint density at radius 3 is 2.74 bits per heavy atom. The maximum absolute atomic E-state index is 13.2. The Morgan fingerprint density at radius 1 is 1.47 bits per heavy atom. The number of carboxylic acids is 1. The lowest BCUT2D eigenvalue weighted by Gasteiger charge is -2.20.